The third-order valence-corrected chi connectivity index (χ3v) is 1.34. The molecule has 4 heteroatoms. The van der Waals surface area contributed by atoms with Gasteiger partial charge in [0.2, 0.25) is 0 Å². The van der Waals surface area contributed by atoms with Gasteiger partial charge in [-0.3, -0.25) is 4.98 Å². The summed E-state index contributed by atoms with van der Waals surface area (Å²) in [6.07, 6.45) is 4.89. The van der Waals surface area contributed by atoms with Crippen molar-refractivity contribution >= 4 is 0 Å². The van der Waals surface area contributed by atoms with Gasteiger partial charge in [-0.05, 0) is 12.1 Å². The Balaban J connectivity index is 2.46. The number of pyridine rings is 1. The summed E-state index contributed by atoms with van der Waals surface area (Å²) in [6, 6.07) is 3.69. The van der Waals surface area contributed by atoms with Crippen LogP contribution in [0.2, 0.25) is 0 Å². The van der Waals surface area contributed by atoms with Gasteiger partial charge in [0.15, 0.2) is 6.26 Å². The average molecular weight is 147 g/mol. The molecule has 0 saturated carbocycles. The monoisotopic (exact) mass is 147 g/mol. The molecule has 0 saturated heterocycles. The van der Waals surface area contributed by atoms with E-state index in [0.717, 1.165) is 11.3 Å². The Kier molecular flexibility index (Phi) is 1.37. The SMILES string of the molecule is c1cc(-c2conn2)ccn1. The van der Waals surface area contributed by atoms with Crippen molar-refractivity contribution in [2.24, 2.45) is 0 Å². The summed E-state index contributed by atoms with van der Waals surface area (Å²) < 4.78 is 4.59. The molecule has 0 aliphatic heterocycles. The highest BCUT2D eigenvalue weighted by molar-refractivity contribution is 5.55. The first kappa shape index (κ1) is 6.03. The molecule has 0 aromatic carbocycles. The molecule has 0 fully saturated rings. The molecule has 4 nitrogen and oxygen atoms in total. The van der Waals surface area contributed by atoms with Crippen LogP contribution in [0.3, 0.4) is 0 Å². The van der Waals surface area contributed by atoms with Crippen LogP contribution >= 0.6 is 0 Å². The van der Waals surface area contributed by atoms with Gasteiger partial charge < -0.3 is 4.52 Å². The van der Waals surface area contributed by atoms with E-state index < -0.39 is 0 Å². The lowest BCUT2D eigenvalue weighted by molar-refractivity contribution is 0.393. The summed E-state index contributed by atoms with van der Waals surface area (Å²) in [6.45, 7) is 0. The molecule has 11 heavy (non-hydrogen) atoms. The molecule has 0 radical (unpaired) electrons. The number of aromatic nitrogens is 3. The zero-order valence-corrected chi connectivity index (χ0v) is 5.64. The highest BCUT2D eigenvalue weighted by atomic mass is 16.5. The van der Waals surface area contributed by atoms with Crippen LogP contribution in [0.1, 0.15) is 0 Å². The largest absolute Gasteiger partial charge is 0.345 e. The predicted molar refractivity (Wildman–Crippen MR) is 37.5 cm³/mol. The Morgan fingerprint density at radius 3 is 2.64 bits per heavy atom. The second kappa shape index (κ2) is 2.49. The molecular formula is C7H5N3O. The Morgan fingerprint density at radius 1 is 1.18 bits per heavy atom. The lowest BCUT2D eigenvalue weighted by atomic mass is 10.2. The Bertz CT molecular complexity index is 317. The van der Waals surface area contributed by atoms with Crippen molar-refractivity contribution in [1.29, 1.82) is 0 Å². The maximum absolute atomic E-state index is 4.59. The fourth-order valence-corrected chi connectivity index (χ4v) is 0.813. The summed E-state index contributed by atoms with van der Waals surface area (Å²) in [4.78, 5) is 3.88. The van der Waals surface area contributed by atoms with Crippen LogP contribution in [0.25, 0.3) is 11.3 Å². The average Bonchev–Trinajstić information content (AvgIpc) is 2.58. The summed E-state index contributed by atoms with van der Waals surface area (Å²) >= 11 is 0. The first-order chi connectivity index (χ1) is 5.47. The maximum atomic E-state index is 4.59. The Labute approximate surface area is 62.9 Å². The van der Waals surface area contributed by atoms with E-state index in [4.69, 9.17) is 0 Å². The summed E-state index contributed by atoms with van der Waals surface area (Å²) in [7, 11) is 0. The van der Waals surface area contributed by atoms with E-state index >= 15 is 0 Å². The minimum Gasteiger partial charge on any atom is -0.345 e. The lowest BCUT2D eigenvalue weighted by Crippen LogP contribution is -1.77. The van der Waals surface area contributed by atoms with Gasteiger partial charge in [0, 0.05) is 23.2 Å². The molecule has 0 atom stereocenters. The van der Waals surface area contributed by atoms with E-state index in [1.54, 1.807) is 12.4 Å². The molecule has 2 aromatic heterocycles. The van der Waals surface area contributed by atoms with Crippen LogP contribution in [0.4, 0.5) is 0 Å². The molecular weight excluding hydrogens is 142 g/mol. The standard InChI is InChI=1S/C7H5N3O/c1-3-8-4-2-6(1)7-5-11-10-9-7/h1-5H. The van der Waals surface area contributed by atoms with Crippen molar-refractivity contribution < 1.29 is 4.52 Å². The fraction of sp³-hybridized carbons (Fsp3) is 0. The minimum absolute atomic E-state index is 0.729. The van der Waals surface area contributed by atoms with Crippen LogP contribution < -0.4 is 0 Å². The second-order valence-electron chi connectivity index (χ2n) is 2.03. The third-order valence-electron chi connectivity index (χ3n) is 1.34. The van der Waals surface area contributed by atoms with Gasteiger partial charge in [-0.25, -0.2) is 0 Å². The Morgan fingerprint density at radius 2 is 2.00 bits per heavy atom. The van der Waals surface area contributed by atoms with E-state index in [1.807, 2.05) is 12.1 Å². The van der Waals surface area contributed by atoms with Crippen molar-refractivity contribution in [2.45, 2.75) is 0 Å². The smallest absolute Gasteiger partial charge is 0.152 e. The molecule has 0 aliphatic rings. The van der Waals surface area contributed by atoms with E-state index in [1.165, 1.54) is 6.26 Å². The third kappa shape index (κ3) is 1.10. The van der Waals surface area contributed by atoms with Gasteiger partial charge in [0.05, 0.1) is 0 Å². The molecule has 2 rings (SSSR count). The van der Waals surface area contributed by atoms with Gasteiger partial charge in [-0.1, -0.05) is 0 Å². The van der Waals surface area contributed by atoms with E-state index in [0.29, 0.717) is 0 Å². The predicted octanol–water partition coefficient (Wildman–Crippen LogP) is 1.13. The molecule has 0 spiro atoms. The first-order valence-electron chi connectivity index (χ1n) is 3.14. The molecule has 0 unspecified atom stereocenters. The summed E-state index contributed by atoms with van der Waals surface area (Å²) in [5.41, 5.74) is 1.69. The number of hydrogen-bond donors (Lipinski definition) is 0. The van der Waals surface area contributed by atoms with Gasteiger partial charge in [0.25, 0.3) is 0 Å². The topological polar surface area (TPSA) is 51.8 Å². The number of nitrogens with zero attached hydrogens (tertiary/aromatic N) is 3. The molecule has 0 aliphatic carbocycles. The van der Waals surface area contributed by atoms with Crippen LogP contribution in [-0.2, 0) is 0 Å². The van der Waals surface area contributed by atoms with E-state index in [2.05, 4.69) is 19.9 Å². The van der Waals surface area contributed by atoms with Crippen molar-refractivity contribution in [1.82, 2.24) is 15.4 Å². The lowest BCUT2D eigenvalue weighted by Gasteiger charge is -1.89. The van der Waals surface area contributed by atoms with Crippen molar-refractivity contribution in [3.8, 4) is 11.3 Å². The Hall–Kier alpha value is -1.71. The van der Waals surface area contributed by atoms with Crippen molar-refractivity contribution in [3.05, 3.63) is 30.8 Å². The minimum atomic E-state index is 0.729. The molecule has 54 valence electrons. The van der Waals surface area contributed by atoms with Gasteiger partial charge >= 0.3 is 0 Å². The van der Waals surface area contributed by atoms with Crippen molar-refractivity contribution in [3.63, 3.8) is 0 Å². The maximum Gasteiger partial charge on any atom is 0.152 e. The zero-order chi connectivity index (χ0) is 7.52. The highest BCUT2D eigenvalue weighted by Gasteiger charge is 1.98. The molecule has 0 bridgehead atoms. The van der Waals surface area contributed by atoms with Gasteiger partial charge in [-0.2, -0.15) is 0 Å². The normalized spacial score (nSPS) is 9.82. The molecule has 2 heterocycles. The van der Waals surface area contributed by atoms with E-state index in [-0.39, 0.29) is 0 Å². The van der Waals surface area contributed by atoms with Gasteiger partial charge in [0.1, 0.15) is 5.69 Å². The second-order valence-corrected chi connectivity index (χ2v) is 2.03. The van der Waals surface area contributed by atoms with Crippen LogP contribution in [0.15, 0.2) is 35.3 Å². The molecule has 0 N–H and O–H groups in total. The molecule has 2 aromatic rings. The van der Waals surface area contributed by atoms with Gasteiger partial charge in [-0.15, -0.1) is 5.10 Å². The number of hydrogen-bond acceptors (Lipinski definition) is 4. The van der Waals surface area contributed by atoms with Crippen molar-refractivity contribution in [2.75, 3.05) is 0 Å². The summed E-state index contributed by atoms with van der Waals surface area (Å²) in [5, 5.41) is 7.10. The number of rotatable bonds is 1. The fourth-order valence-electron chi connectivity index (χ4n) is 0.813. The molecule has 0 amide bonds. The highest BCUT2D eigenvalue weighted by Crippen LogP contribution is 2.12. The van der Waals surface area contributed by atoms with Crippen LogP contribution in [0, 0.1) is 0 Å². The summed E-state index contributed by atoms with van der Waals surface area (Å²) in [5.74, 6) is 0. The first-order valence-corrected chi connectivity index (χ1v) is 3.14. The zero-order valence-electron chi connectivity index (χ0n) is 5.64. The van der Waals surface area contributed by atoms with Crippen LogP contribution in [-0.4, -0.2) is 15.4 Å². The van der Waals surface area contributed by atoms with E-state index in [9.17, 15) is 0 Å². The van der Waals surface area contributed by atoms with Crippen LogP contribution in [0.5, 0.6) is 0 Å². The quantitative estimate of drug-likeness (QED) is 0.606.